The standard InChI is InChI=1S/C12H20N2O4S.ClH/c1-4-13-8-9-14-19(15,16)12-10(17-2)6-5-7-11(12)18-3;/h5-7,13-14H,4,8-9H2,1-3H3;1H. The van der Waals surface area contributed by atoms with Crippen LogP contribution in [0.3, 0.4) is 0 Å². The van der Waals surface area contributed by atoms with Crippen molar-refractivity contribution in [3.8, 4) is 11.5 Å². The van der Waals surface area contributed by atoms with Gasteiger partial charge in [0, 0.05) is 13.1 Å². The number of likely N-dealkylation sites (N-methyl/N-ethyl adjacent to an activating group) is 1. The average Bonchev–Trinajstić information content (AvgIpc) is 2.42. The van der Waals surface area contributed by atoms with Crippen LogP contribution in [0, 0.1) is 0 Å². The van der Waals surface area contributed by atoms with E-state index in [-0.39, 0.29) is 28.8 Å². The number of hydrogen-bond donors (Lipinski definition) is 2. The van der Waals surface area contributed by atoms with Crippen molar-refractivity contribution in [2.45, 2.75) is 11.8 Å². The molecule has 0 spiro atoms. The molecule has 1 aromatic carbocycles. The van der Waals surface area contributed by atoms with E-state index in [1.54, 1.807) is 18.2 Å². The van der Waals surface area contributed by atoms with Gasteiger partial charge < -0.3 is 14.8 Å². The summed E-state index contributed by atoms with van der Waals surface area (Å²) in [5.41, 5.74) is 0. The van der Waals surface area contributed by atoms with Crippen molar-refractivity contribution >= 4 is 22.4 Å². The Balaban J connectivity index is 0.00000361. The lowest BCUT2D eigenvalue weighted by Gasteiger charge is -2.14. The smallest absolute Gasteiger partial charge is 0.248 e. The molecule has 0 aliphatic carbocycles. The molecule has 1 aromatic rings. The maximum absolute atomic E-state index is 12.3. The summed E-state index contributed by atoms with van der Waals surface area (Å²) in [5, 5.41) is 3.04. The van der Waals surface area contributed by atoms with Crippen LogP contribution in [0.15, 0.2) is 23.1 Å². The minimum atomic E-state index is -3.67. The molecule has 0 saturated carbocycles. The first kappa shape index (κ1) is 19.0. The second-order valence-corrected chi connectivity index (χ2v) is 5.45. The predicted octanol–water partition coefficient (Wildman–Crippen LogP) is 1.01. The lowest BCUT2D eigenvalue weighted by molar-refractivity contribution is 0.373. The molecule has 116 valence electrons. The van der Waals surface area contributed by atoms with Gasteiger partial charge in [0.1, 0.15) is 11.5 Å². The van der Waals surface area contributed by atoms with Crippen molar-refractivity contribution in [1.29, 1.82) is 0 Å². The van der Waals surface area contributed by atoms with Gasteiger partial charge in [0.2, 0.25) is 10.0 Å². The number of hydrogen-bond acceptors (Lipinski definition) is 5. The second kappa shape index (κ2) is 9.02. The minimum Gasteiger partial charge on any atom is -0.495 e. The van der Waals surface area contributed by atoms with Gasteiger partial charge in [0.25, 0.3) is 0 Å². The molecule has 8 heteroatoms. The van der Waals surface area contributed by atoms with Crippen LogP contribution in [0.2, 0.25) is 0 Å². The molecule has 0 radical (unpaired) electrons. The quantitative estimate of drug-likeness (QED) is 0.698. The Morgan fingerprint density at radius 1 is 1.10 bits per heavy atom. The highest BCUT2D eigenvalue weighted by atomic mass is 35.5. The van der Waals surface area contributed by atoms with Gasteiger partial charge in [-0.15, -0.1) is 12.4 Å². The topological polar surface area (TPSA) is 76.7 Å². The fourth-order valence-corrected chi connectivity index (χ4v) is 2.95. The molecule has 0 fully saturated rings. The van der Waals surface area contributed by atoms with Crippen LogP contribution < -0.4 is 19.5 Å². The summed E-state index contributed by atoms with van der Waals surface area (Å²) in [7, 11) is -0.820. The normalized spacial score (nSPS) is 10.8. The van der Waals surface area contributed by atoms with Gasteiger partial charge in [-0.25, -0.2) is 13.1 Å². The fraction of sp³-hybridized carbons (Fsp3) is 0.500. The van der Waals surface area contributed by atoms with Crippen LogP contribution in [0.4, 0.5) is 0 Å². The van der Waals surface area contributed by atoms with Crippen molar-refractivity contribution in [2.24, 2.45) is 0 Å². The Morgan fingerprint density at radius 3 is 2.10 bits per heavy atom. The lowest BCUT2D eigenvalue weighted by atomic mass is 10.3. The number of nitrogens with one attached hydrogen (secondary N) is 2. The first-order valence-corrected chi connectivity index (χ1v) is 7.46. The SMILES string of the molecule is CCNCCNS(=O)(=O)c1c(OC)cccc1OC.Cl. The monoisotopic (exact) mass is 324 g/mol. The molecule has 20 heavy (non-hydrogen) atoms. The maximum Gasteiger partial charge on any atom is 0.248 e. The molecule has 0 unspecified atom stereocenters. The van der Waals surface area contributed by atoms with E-state index in [2.05, 4.69) is 10.0 Å². The Kier molecular flexibility index (Phi) is 8.56. The van der Waals surface area contributed by atoms with Gasteiger partial charge in [-0.2, -0.15) is 0 Å². The van der Waals surface area contributed by atoms with E-state index in [0.717, 1.165) is 6.54 Å². The van der Waals surface area contributed by atoms with E-state index in [0.29, 0.717) is 13.1 Å². The third-order valence-corrected chi connectivity index (χ3v) is 4.02. The minimum absolute atomic E-state index is 0. The zero-order chi connectivity index (χ0) is 14.3. The Morgan fingerprint density at radius 2 is 1.65 bits per heavy atom. The van der Waals surface area contributed by atoms with Crippen molar-refractivity contribution in [3.05, 3.63) is 18.2 Å². The van der Waals surface area contributed by atoms with Crippen LogP contribution in [0.25, 0.3) is 0 Å². The molecule has 6 nitrogen and oxygen atoms in total. The number of methoxy groups -OCH3 is 2. The van der Waals surface area contributed by atoms with Crippen molar-refractivity contribution in [2.75, 3.05) is 33.9 Å². The van der Waals surface area contributed by atoms with Crippen LogP contribution in [-0.4, -0.2) is 42.3 Å². The maximum atomic E-state index is 12.3. The number of benzene rings is 1. The molecule has 0 atom stereocenters. The van der Waals surface area contributed by atoms with Gasteiger partial charge in [-0.3, -0.25) is 0 Å². The summed E-state index contributed by atoms with van der Waals surface area (Å²) in [4.78, 5) is 0.0245. The Bertz CT molecular complexity index is 486. The Hall–Kier alpha value is -1.02. The van der Waals surface area contributed by atoms with Gasteiger partial charge in [0.15, 0.2) is 4.90 Å². The molecule has 1 rings (SSSR count). The number of halogens is 1. The fourth-order valence-electron chi connectivity index (χ4n) is 1.60. The van der Waals surface area contributed by atoms with Crippen LogP contribution >= 0.6 is 12.4 Å². The summed E-state index contributed by atoms with van der Waals surface area (Å²) < 4.78 is 37.2. The summed E-state index contributed by atoms with van der Waals surface area (Å²) in [6.45, 7) is 3.61. The van der Waals surface area contributed by atoms with E-state index in [1.165, 1.54) is 14.2 Å². The average molecular weight is 325 g/mol. The highest BCUT2D eigenvalue weighted by Crippen LogP contribution is 2.32. The van der Waals surface area contributed by atoms with Crippen LogP contribution in [0.5, 0.6) is 11.5 Å². The zero-order valence-electron chi connectivity index (χ0n) is 11.8. The summed E-state index contributed by atoms with van der Waals surface area (Å²) in [5.74, 6) is 0.519. The predicted molar refractivity (Wildman–Crippen MR) is 80.5 cm³/mol. The zero-order valence-corrected chi connectivity index (χ0v) is 13.4. The van der Waals surface area contributed by atoms with E-state index >= 15 is 0 Å². The van der Waals surface area contributed by atoms with Crippen molar-refractivity contribution in [1.82, 2.24) is 10.0 Å². The summed E-state index contributed by atoms with van der Waals surface area (Å²) >= 11 is 0. The van der Waals surface area contributed by atoms with Gasteiger partial charge >= 0.3 is 0 Å². The second-order valence-electron chi connectivity index (χ2n) is 3.74. The molecule has 0 bridgehead atoms. The largest absolute Gasteiger partial charge is 0.495 e. The van der Waals surface area contributed by atoms with E-state index in [4.69, 9.17) is 9.47 Å². The molecule has 0 saturated heterocycles. The molecule has 0 aromatic heterocycles. The van der Waals surface area contributed by atoms with Crippen molar-refractivity contribution < 1.29 is 17.9 Å². The third kappa shape index (κ3) is 4.82. The molecule has 0 heterocycles. The first-order valence-electron chi connectivity index (χ1n) is 5.98. The lowest BCUT2D eigenvalue weighted by Crippen LogP contribution is -2.32. The highest BCUT2D eigenvalue weighted by Gasteiger charge is 2.23. The van der Waals surface area contributed by atoms with Gasteiger partial charge in [0.05, 0.1) is 14.2 Å². The van der Waals surface area contributed by atoms with E-state index in [9.17, 15) is 8.42 Å². The highest BCUT2D eigenvalue weighted by molar-refractivity contribution is 7.89. The number of ether oxygens (including phenoxy) is 2. The molecular formula is C12H21ClN2O4S. The van der Waals surface area contributed by atoms with Gasteiger partial charge in [-0.1, -0.05) is 13.0 Å². The summed E-state index contributed by atoms with van der Waals surface area (Å²) in [6.07, 6.45) is 0. The molecule has 2 N–H and O–H groups in total. The Labute approximate surface area is 126 Å². The molecular weight excluding hydrogens is 304 g/mol. The molecule has 0 amide bonds. The first-order chi connectivity index (χ1) is 9.06. The summed E-state index contributed by atoms with van der Waals surface area (Å²) in [6, 6.07) is 4.85. The number of rotatable bonds is 8. The van der Waals surface area contributed by atoms with E-state index in [1.807, 2.05) is 6.92 Å². The van der Waals surface area contributed by atoms with Crippen LogP contribution in [0.1, 0.15) is 6.92 Å². The van der Waals surface area contributed by atoms with E-state index < -0.39 is 10.0 Å². The third-order valence-electron chi connectivity index (χ3n) is 2.50. The van der Waals surface area contributed by atoms with Crippen molar-refractivity contribution in [3.63, 3.8) is 0 Å². The van der Waals surface area contributed by atoms with Crippen LogP contribution in [-0.2, 0) is 10.0 Å². The number of sulfonamides is 1. The molecule has 0 aliphatic heterocycles. The molecule has 0 aliphatic rings. The van der Waals surface area contributed by atoms with Gasteiger partial charge in [-0.05, 0) is 18.7 Å².